The normalized spacial score (nSPS) is 13.6. The molecule has 1 heterocycles. The molecule has 3 N–H and O–H groups in total. The smallest absolute Gasteiger partial charge is 0.257 e. The van der Waals surface area contributed by atoms with Crippen LogP contribution in [0.2, 0.25) is 5.02 Å². The fourth-order valence-electron chi connectivity index (χ4n) is 2.72. The standard InChI is InChI=1S/C19H20ClN3O3.ClH/c20-17-12-14(21)3-6-16(17)19(25)22-15-4-1-13(2-5-15)11-18(24)23-7-9-26-10-8-23;/h1-6,12H,7-11,21H2,(H,22,25);1H. The largest absolute Gasteiger partial charge is 0.399 e. The highest BCUT2D eigenvalue weighted by Crippen LogP contribution is 2.21. The van der Waals surface area contributed by atoms with Gasteiger partial charge in [0.05, 0.1) is 30.2 Å². The minimum absolute atomic E-state index is 0. The average molecular weight is 410 g/mol. The summed E-state index contributed by atoms with van der Waals surface area (Å²) in [6, 6.07) is 12.0. The molecule has 1 aliphatic heterocycles. The number of nitrogens with two attached hydrogens (primary N) is 1. The number of nitrogen functional groups attached to an aromatic ring is 1. The second-order valence-corrected chi connectivity index (χ2v) is 6.47. The van der Waals surface area contributed by atoms with Gasteiger partial charge in [0.15, 0.2) is 0 Å². The number of halogens is 2. The Morgan fingerprint density at radius 3 is 2.41 bits per heavy atom. The Labute approximate surface area is 169 Å². The number of anilines is 2. The van der Waals surface area contributed by atoms with Crippen LogP contribution in [0.3, 0.4) is 0 Å². The summed E-state index contributed by atoms with van der Waals surface area (Å²) in [6.45, 7) is 2.44. The van der Waals surface area contributed by atoms with Crippen molar-refractivity contribution >= 4 is 47.2 Å². The number of hydrogen-bond donors (Lipinski definition) is 2. The van der Waals surface area contributed by atoms with Gasteiger partial charge in [-0.1, -0.05) is 23.7 Å². The van der Waals surface area contributed by atoms with Crippen molar-refractivity contribution in [2.45, 2.75) is 6.42 Å². The molecule has 1 aliphatic rings. The molecule has 1 fully saturated rings. The number of amides is 2. The van der Waals surface area contributed by atoms with Crippen molar-refractivity contribution < 1.29 is 14.3 Å². The number of morpholine rings is 1. The van der Waals surface area contributed by atoms with Gasteiger partial charge in [-0.15, -0.1) is 12.4 Å². The van der Waals surface area contributed by atoms with Crippen LogP contribution in [-0.4, -0.2) is 43.0 Å². The van der Waals surface area contributed by atoms with Gasteiger partial charge in [-0.2, -0.15) is 0 Å². The first-order chi connectivity index (χ1) is 12.5. The minimum atomic E-state index is -0.313. The highest BCUT2D eigenvalue weighted by Gasteiger charge is 2.17. The zero-order valence-electron chi connectivity index (χ0n) is 14.6. The van der Waals surface area contributed by atoms with Crippen LogP contribution in [0, 0.1) is 0 Å². The van der Waals surface area contributed by atoms with Gasteiger partial charge in [-0.3, -0.25) is 9.59 Å². The van der Waals surface area contributed by atoms with E-state index in [-0.39, 0.29) is 24.2 Å². The van der Waals surface area contributed by atoms with Gasteiger partial charge in [-0.25, -0.2) is 0 Å². The van der Waals surface area contributed by atoms with Crippen LogP contribution in [0.15, 0.2) is 42.5 Å². The van der Waals surface area contributed by atoms with E-state index in [9.17, 15) is 9.59 Å². The number of benzene rings is 2. The number of nitrogens with zero attached hydrogens (tertiary/aromatic N) is 1. The van der Waals surface area contributed by atoms with Crippen LogP contribution in [0.1, 0.15) is 15.9 Å². The number of rotatable bonds is 4. The Bertz CT molecular complexity index is 806. The lowest BCUT2D eigenvalue weighted by Crippen LogP contribution is -2.41. The van der Waals surface area contributed by atoms with Crippen molar-refractivity contribution in [3.05, 3.63) is 58.6 Å². The van der Waals surface area contributed by atoms with E-state index < -0.39 is 0 Å². The predicted octanol–water partition coefficient (Wildman–Crippen LogP) is 3.00. The summed E-state index contributed by atoms with van der Waals surface area (Å²) in [4.78, 5) is 26.4. The van der Waals surface area contributed by atoms with Crippen molar-refractivity contribution in [1.29, 1.82) is 0 Å². The molecule has 0 saturated carbocycles. The van der Waals surface area contributed by atoms with Crippen LogP contribution in [-0.2, 0) is 16.0 Å². The van der Waals surface area contributed by atoms with Gasteiger partial charge in [0.2, 0.25) is 5.91 Å². The van der Waals surface area contributed by atoms with Gasteiger partial charge in [0.25, 0.3) is 5.91 Å². The number of carbonyl (C=O) groups is 2. The monoisotopic (exact) mass is 409 g/mol. The number of carbonyl (C=O) groups excluding carboxylic acids is 2. The van der Waals surface area contributed by atoms with E-state index in [1.807, 2.05) is 17.0 Å². The quantitative estimate of drug-likeness (QED) is 0.759. The van der Waals surface area contributed by atoms with Gasteiger partial charge in [-0.05, 0) is 35.9 Å². The molecule has 6 nitrogen and oxygen atoms in total. The number of ether oxygens (including phenoxy) is 1. The molecule has 2 aromatic carbocycles. The topological polar surface area (TPSA) is 84.7 Å². The van der Waals surface area contributed by atoms with E-state index in [1.165, 1.54) is 6.07 Å². The Hall–Kier alpha value is -2.28. The third-order valence-electron chi connectivity index (χ3n) is 4.17. The average Bonchev–Trinajstić information content (AvgIpc) is 2.64. The second-order valence-electron chi connectivity index (χ2n) is 6.06. The van der Waals surface area contributed by atoms with Crippen molar-refractivity contribution in [2.24, 2.45) is 0 Å². The summed E-state index contributed by atoms with van der Waals surface area (Å²) >= 11 is 6.06. The number of hydrogen-bond acceptors (Lipinski definition) is 4. The summed E-state index contributed by atoms with van der Waals surface area (Å²) in [5, 5.41) is 3.09. The summed E-state index contributed by atoms with van der Waals surface area (Å²) in [5.41, 5.74) is 8.01. The first-order valence-corrected chi connectivity index (χ1v) is 8.71. The SMILES string of the molecule is Cl.Nc1ccc(C(=O)Nc2ccc(CC(=O)N3CCOCC3)cc2)c(Cl)c1. The van der Waals surface area contributed by atoms with Crippen LogP contribution in [0.5, 0.6) is 0 Å². The van der Waals surface area contributed by atoms with E-state index in [0.717, 1.165) is 5.56 Å². The second kappa shape index (κ2) is 9.60. The van der Waals surface area contributed by atoms with E-state index in [1.54, 1.807) is 24.3 Å². The third-order valence-corrected chi connectivity index (χ3v) is 4.48. The van der Waals surface area contributed by atoms with E-state index in [0.29, 0.717) is 54.7 Å². The lowest BCUT2D eigenvalue weighted by atomic mass is 10.1. The molecule has 0 bridgehead atoms. The highest BCUT2D eigenvalue weighted by atomic mass is 35.5. The zero-order chi connectivity index (χ0) is 18.5. The lowest BCUT2D eigenvalue weighted by molar-refractivity contribution is -0.134. The molecule has 27 heavy (non-hydrogen) atoms. The van der Waals surface area contributed by atoms with Crippen molar-refractivity contribution in [1.82, 2.24) is 4.90 Å². The Kier molecular flexibility index (Phi) is 7.47. The summed E-state index contributed by atoms with van der Waals surface area (Å²) in [7, 11) is 0. The minimum Gasteiger partial charge on any atom is -0.399 e. The van der Waals surface area contributed by atoms with Gasteiger partial charge in [0, 0.05) is 24.5 Å². The Morgan fingerprint density at radius 2 is 1.78 bits per heavy atom. The van der Waals surface area contributed by atoms with Crippen molar-refractivity contribution in [3.63, 3.8) is 0 Å². The molecule has 144 valence electrons. The molecule has 0 radical (unpaired) electrons. The van der Waals surface area contributed by atoms with Crippen LogP contribution < -0.4 is 11.1 Å². The Morgan fingerprint density at radius 1 is 1.11 bits per heavy atom. The Balaban J connectivity index is 0.00000261. The van der Waals surface area contributed by atoms with Crippen molar-refractivity contribution in [2.75, 3.05) is 37.4 Å². The van der Waals surface area contributed by atoms with Gasteiger partial charge in [0.1, 0.15) is 0 Å². The molecule has 2 aromatic rings. The maximum Gasteiger partial charge on any atom is 0.257 e. The van der Waals surface area contributed by atoms with Gasteiger partial charge >= 0.3 is 0 Å². The first-order valence-electron chi connectivity index (χ1n) is 8.34. The summed E-state index contributed by atoms with van der Waals surface area (Å²) in [5.74, 6) is -0.231. The molecule has 0 spiro atoms. The molecule has 0 aliphatic carbocycles. The third kappa shape index (κ3) is 5.60. The van der Waals surface area contributed by atoms with Crippen LogP contribution in [0.4, 0.5) is 11.4 Å². The molecular weight excluding hydrogens is 389 g/mol. The van der Waals surface area contributed by atoms with Crippen molar-refractivity contribution in [3.8, 4) is 0 Å². The van der Waals surface area contributed by atoms with E-state index >= 15 is 0 Å². The predicted molar refractivity (Wildman–Crippen MR) is 109 cm³/mol. The maximum absolute atomic E-state index is 12.3. The molecule has 0 aromatic heterocycles. The molecule has 3 rings (SSSR count). The lowest BCUT2D eigenvalue weighted by Gasteiger charge is -2.26. The molecule has 0 unspecified atom stereocenters. The van der Waals surface area contributed by atoms with E-state index in [4.69, 9.17) is 22.1 Å². The van der Waals surface area contributed by atoms with Crippen LogP contribution in [0.25, 0.3) is 0 Å². The molecule has 1 saturated heterocycles. The van der Waals surface area contributed by atoms with Gasteiger partial charge < -0.3 is 20.7 Å². The number of nitrogens with one attached hydrogen (secondary N) is 1. The fraction of sp³-hybridized carbons (Fsp3) is 0.263. The van der Waals surface area contributed by atoms with E-state index in [2.05, 4.69) is 5.32 Å². The molecular formula is C19H21Cl2N3O3. The first kappa shape index (κ1) is 21.0. The maximum atomic E-state index is 12.3. The summed E-state index contributed by atoms with van der Waals surface area (Å²) < 4.78 is 5.25. The summed E-state index contributed by atoms with van der Waals surface area (Å²) in [6.07, 6.45) is 0.331. The molecule has 0 atom stereocenters. The molecule has 2 amide bonds. The zero-order valence-corrected chi connectivity index (χ0v) is 16.2. The molecule has 8 heteroatoms. The highest BCUT2D eigenvalue weighted by molar-refractivity contribution is 6.34. The fourth-order valence-corrected chi connectivity index (χ4v) is 2.99. The van der Waals surface area contributed by atoms with Crippen LogP contribution >= 0.6 is 24.0 Å².